The number of aryl methyl sites for hydroxylation is 1. The third kappa shape index (κ3) is 2.89. The molecule has 0 saturated heterocycles. The number of nitrogens with two attached hydrogens (primary N) is 1. The van der Waals surface area contributed by atoms with Crippen molar-refractivity contribution in [3.63, 3.8) is 0 Å². The van der Waals surface area contributed by atoms with Gasteiger partial charge in [-0.1, -0.05) is 17.7 Å². The molecule has 2 N–H and O–H groups in total. The van der Waals surface area contributed by atoms with Gasteiger partial charge in [-0.05, 0) is 30.7 Å². The van der Waals surface area contributed by atoms with Gasteiger partial charge in [0.1, 0.15) is 30.0 Å². The molecule has 0 aliphatic carbocycles. The maximum absolute atomic E-state index is 5.94. The highest BCUT2D eigenvalue weighted by Crippen LogP contribution is 2.31. The maximum atomic E-state index is 5.94. The van der Waals surface area contributed by atoms with Crippen LogP contribution in [0.2, 0.25) is 0 Å². The van der Waals surface area contributed by atoms with E-state index in [1.165, 1.54) is 11.1 Å². The Bertz CT molecular complexity index is 654. The smallest absolute Gasteiger partial charge is 0.142 e. The van der Waals surface area contributed by atoms with Gasteiger partial charge in [0.2, 0.25) is 0 Å². The first-order valence-corrected chi connectivity index (χ1v) is 6.98. The van der Waals surface area contributed by atoms with Crippen LogP contribution >= 0.6 is 0 Å². The summed E-state index contributed by atoms with van der Waals surface area (Å²) < 4.78 is 16.8. The van der Waals surface area contributed by atoms with Crippen molar-refractivity contribution in [1.82, 2.24) is 0 Å². The molecule has 0 fully saturated rings. The van der Waals surface area contributed by atoms with Gasteiger partial charge in [-0.2, -0.15) is 0 Å². The Hall–Kier alpha value is -2.36. The van der Waals surface area contributed by atoms with Crippen molar-refractivity contribution >= 4 is 5.69 Å². The first kappa shape index (κ1) is 13.6. The van der Waals surface area contributed by atoms with Crippen LogP contribution in [0.25, 0.3) is 0 Å². The second kappa shape index (κ2) is 5.56. The number of anilines is 1. The molecular formula is C17H19NO3. The van der Waals surface area contributed by atoms with Crippen LogP contribution in [0.4, 0.5) is 5.69 Å². The lowest BCUT2D eigenvalue weighted by Crippen LogP contribution is -2.22. The molecule has 4 heteroatoms. The Balaban J connectivity index is 1.62. The summed E-state index contributed by atoms with van der Waals surface area (Å²) in [5, 5.41) is 0. The number of hydrogen-bond donors (Lipinski definition) is 1. The Labute approximate surface area is 124 Å². The van der Waals surface area contributed by atoms with Crippen molar-refractivity contribution in [3.8, 4) is 17.2 Å². The number of nitrogen functional groups attached to an aromatic ring is 1. The van der Waals surface area contributed by atoms with Crippen molar-refractivity contribution in [2.24, 2.45) is 0 Å². The van der Waals surface area contributed by atoms with Gasteiger partial charge in [0.15, 0.2) is 0 Å². The Kier molecular flexibility index (Phi) is 3.60. The summed E-state index contributed by atoms with van der Waals surface area (Å²) in [6.45, 7) is 2.56. The van der Waals surface area contributed by atoms with Crippen LogP contribution in [-0.4, -0.2) is 19.8 Å². The largest absolute Gasteiger partial charge is 0.497 e. The standard InChI is InChI=1S/C17H19NO3/c1-11-3-5-16-12(7-11)8-14(21-16)10-20-17-6-4-13(19-2)9-15(17)18/h3-7,9,14H,8,10,18H2,1-2H3. The summed E-state index contributed by atoms with van der Waals surface area (Å²) in [7, 11) is 1.61. The second-order valence-corrected chi connectivity index (χ2v) is 5.27. The summed E-state index contributed by atoms with van der Waals surface area (Å²) in [6, 6.07) is 11.6. The number of methoxy groups -OCH3 is 1. The molecule has 0 saturated carbocycles. The van der Waals surface area contributed by atoms with Crippen LogP contribution in [0, 0.1) is 6.92 Å². The molecule has 0 aromatic heterocycles. The van der Waals surface area contributed by atoms with E-state index in [1.54, 1.807) is 13.2 Å². The Morgan fingerprint density at radius 3 is 2.86 bits per heavy atom. The molecule has 2 aromatic carbocycles. The predicted molar refractivity (Wildman–Crippen MR) is 82.2 cm³/mol. The van der Waals surface area contributed by atoms with Gasteiger partial charge in [-0.15, -0.1) is 0 Å². The summed E-state index contributed by atoms with van der Waals surface area (Å²) in [5.74, 6) is 2.34. The highest BCUT2D eigenvalue weighted by molar-refractivity contribution is 5.56. The fourth-order valence-electron chi connectivity index (χ4n) is 2.51. The van der Waals surface area contributed by atoms with E-state index in [0.29, 0.717) is 18.0 Å². The van der Waals surface area contributed by atoms with E-state index in [4.69, 9.17) is 19.9 Å². The number of rotatable bonds is 4. The first-order chi connectivity index (χ1) is 10.2. The molecule has 1 unspecified atom stereocenters. The normalized spacial score (nSPS) is 16.2. The van der Waals surface area contributed by atoms with Gasteiger partial charge < -0.3 is 19.9 Å². The molecule has 3 rings (SSSR count). The van der Waals surface area contributed by atoms with Crippen LogP contribution in [0.5, 0.6) is 17.2 Å². The topological polar surface area (TPSA) is 53.7 Å². The van der Waals surface area contributed by atoms with Crippen molar-refractivity contribution in [2.75, 3.05) is 19.5 Å². The molecule has 110 valence electrons. The molecule has 1 aliphatic rings. The quantitative estimate of drug-likeness (QED) is 0.877. The van der Waals surface area contributed by atoms with E-state index in [2.05, 4.69) is 19.1 Å². The fraction of sp³-hybridized carbons (Fsp3) is 0.294. The van der Waals surface area contributed by atoms with E-state index in [0.717, 1.165) is 17.9 Å². The highest BCUT2D eigenvalue weighted by atomic mass is 16.5. The van der Waals surface area contributed by atoms with E-state index in [-0.39, 0.29) is 6.10 Å². The van der Waals surface area contributed by atoms with E-state index in [1.807, 2.05) is 18.2 Å². The lowest BCUT2D eigenvalue weighted by Gasteiger charge is -2.14. The molecule has 4 nitrogen and oxygen atoms in total. The molecule has 2 aromatic rings. The number of ether oxygens (including phenoxy) is 3. The number of benzene rings is 2. The molecule has 21 heavy (non-hydrogen) atoms. The number of fused-ring (bicyclic) bond motifs is 1. The minimum Gasteiger partial charge on any atom is -0.497 e. The third-order valence-corrected chi connectivity index (χ3v) is 3.60. The van der Waals surface area contributed by atoms with Crippen molar-refractivity contribution in [3.05, 3.63) is 47.5 Å². The van der Waals surface area contributed by atoms with E-state index >= 15 is 0 Å². The average molecular weight is 285 g/mol. The van der Waals surface area contributed by atoms with Gasteiger partial charge in [0.05, 0.1) is 12.8 Å². The summed E-state index contributed by atoms with van der Waals surface area (Å²) in [4.78, 5) is 0. The van der Waals surface area contributed by atoms with Gasteiger partial charge >= 0.3 is 0 Å². The molecule has 1 heterocycles. The maximum Gasteiger partial charge on any atom is 0.142 e. The molecule has 0 bridgehead atoms. The van der Waals surface area contributed by atoms with Crippen LogP contribution in [0.15, 0.2) is 36.4 Å². The van der Waals surface area contributed by atoms with Gasteiger partial charge in [-0.3, -0.25) is 0 Å². The monoisotopic (exact) mass is 285 g/mol. The predicted octanol–water partition coefficient (Wildman–Crippen LogP) is 2.97. The van der Waals surface area contributed by atoms with Gasteiger partial charge in [0.25, 0.3) is 0 Å². The molecular weight excluding hydrogens is 266 g/mol. The van der Waals surface area contributed by atoms with E-state index < -0.39 is 0 Å². The average Bonchev–Trinajstić information content (AvgIpc) is 2.87. The highest BCUT2D eigenvalue weighted by Gasteiger charge is 2.23. The van der Waals surface area contributed by atoms with Crippen LogP contribution < -0.4 is 19.9 Å². The molecule has 1 atom stereocenters. The lowest BCUT2D eigenvalue weighted by atomic mass is 10.1. The zero-order valence-electron chi connectivity index (χ0n) is 12.3. The number of hydrogen-bond acceptors (Lipinski definition) is 4. The lowest BCUT2D eigenvalue weighted by molar-refractivity contribution is 0.149. The molecule has 0 amide bonds. The van der Waals surface area contributed by atoms with Crippen LogP contribution in [0.1, 0.15) is 11.1 Å². The summed E-state index contributed by atoms with van der Waals surface area (Å²) >= 11 is 0. The second-order valence-electron chi connectivity index (χ2n) is 5.27. The minimum absolute atomic E-state index is 0.0308. The van der Waals surface area contributed by atoms with Crippen molar-refractivity contribution in [1.29, 1.82) is 0 Å². The summed E-state index contributed by atoms with van der Waals surface area (Å²) in [6.07, 6.45) is 0.899. The molecule has 0 spiro atoms. The van der Waals surface area contributed by atoms with E-state index in [9.17, 15) is 0 Å². The minimum atomic E-state index is 0.0308. The third-order valence-electron chi connectivity index (χ3n) is 3.60. The zero-order chi connectivity index (χ0) is 14.8. The van der Waals surface area contributed by atoms with Crippen LogP contribution in [0.3, 0.4) is 0 Å². The molecule has 0 radical (unpaired) electrons. The zero-order valence-corrected chi connectivity index (χ0v) is 12.3. The summed E-state index contributed by atoms with van der Waals surface area (Å²) in [5.41, 5.74) is 9.00. The first-order valence-electron chi connectivity index (χ1n) is 6.98. The SMILES string of the molecule is COc1ccc(OCC2Cc3cc(C)ccc3O2)c(N)c1. The van der Waals surface area contributed by atoms with Crippen molar-refractivity contribution in [2.45, 2.75) is 19.4 Å². The Morgan fingerprint density at radius 2 is 2.10 bits per heavy atom. The molecule has 1 aliphatic heterocycles. The fourth-order valence-corrected chi connectivity index (χ4v) is 2.51. The van der Waals surface area contributed by atoms with Gasteiger partial charge in [-0.25, -0.2) is 0 Å². The van der Waals surface area contributed by atoms with Gasteiger partial charge in [0, 0.05) is 12.5 Å². The van der Waals surface area contributed by atoms with Crippen molar-refractivity contribution < 1.29 is 14.2 Å². The van der Waals surface area contributed by atoms with Crippen LogP contribution in [-0.2, 0) is 6.42 Å². The Morgan fingerprint density at radius 1 is 1.24 bits per heavy atom.